The molecule has 0 aliphatic carbocycles. The van der Waals surface area contributed by atoms with Crippen molar-refractivity contribution in [2.75, 3.05) is 13.1 Å². The van der Waals surface area contributed by atoms with E-state index in [0.717, 1.165) is 31.7 Å². The fourth-order valence-electron chi connectivity index (χ4n) is 2.62. The number of hydrogen-bond acceptors (Lipinski definition) is 3. The van der Waals surface area contributed by atoms with Gasteiger partial charge in [-0.3, -0.25) is 4.90 Å². The molecule has 3 rings (SSSR count). The highest BCUT2D eigenvalue weighted by Crippen LogP contribution is 2.22. The van der Waals surface area contributed by atoms with Gasteiger partial charge in [-0.1, -0.05) is 12.1 Å². The average Bonchev–Trinajstić information content (AvgIpc) is 3.00. The third-order valence-corrected chi connectivity index (χ3v) is 3.68. The van der Waals surface area contributed by atoms with Gasteiger partial charge in [0.1, 0.15) is 0 Å². The van der Waals surface area contributed by atoms with Crippen LogP contribution in [0, 0.1) is 0 Å². The summed E-state index contributed by atoms with van der Waals surface area (Å²) < 4.78 is 1.99. The number of β-amino-alcohol motifs (C(OH)–C–C–N with tert-alkyl or cyclic N) is 1. The van der Waals surface area contributed by atoms with Gasteiger partial charge >= 0.3 is 0 Å². The van der Waals surface area contributed by atoms with Crippen LogP contribution in [0.5, 0.6) is 0 Å². The highest BCUT2D eigenvalue weighted by atomic mass is 16.3. The largest absolute Gasteiger partial charge is 0.389 e. The molecule has 1 aliphatic heterocycles. The van der Waals surface area contributed by atoms with Crippen molar-refractivity contribution in [3.8, 4) is 5.69 Å². The fraction of sp³-hybridized carbons (Fsp3) is 0.400. The Kier molecular flexibility index (Phi) is 3.12. The molecule has 1 saturated heterocycles. The first-order valence-corrected chi connectivity index (χ1v) is 6.64. The molecule has 0 amide bonds. The maximum absolute atomic E-state index is 9.96. The van der Waals surface area contributed by atoms with Gasteiger partial charge in [-0.15, -0.1) is 0 Å². The van der Waals surface area contributed by atoms with Crippen LogP contribution >= 0.6 is 0 Å². The van der Waals surface area contributed by atoms with Crippen molar-refractivity contribution in [3.05, 3.63) is 48.5 Å². The van der Waals surface area contributed by atoms with Gasteiger partial charge in [0, 0.05) is 37.7 Å². The molecule has 1 aromatic carbocycles. The summed E-state index contributed by atoms with van der Waals surface area (Å²) in [6, 6.07) is 8.49. The van der Waals surface area contributed by atoms with Crippen LogP contribution in [0.4, 0.5) is 0 Å². The maximum atomic E-state index is 9.96. The van der Waals surface area contributed by atoms with Gasteiger partial charge in [0.05, 0.1) is 11.9 Å². The molecule has 1 atom stereocenters. The molecule has 0 radical (unpaired) electrons. The lowest BCUT2D eigenvalue weighted by atomic mass is 10.1. The third kappa shape index (κ3) is 2.85. The molecule has 1 fully saturated rings. The number of likely N-dealkylation sites (tertiary alicyclic amines) is 1. The van der Waals surface area contributed by atoms with Crippen LogP contribution in [0.3, 0.4) is 0 Å². The van der Waals surface area contributed by atoms with Crippen molar-refractivity contribution in [2.24, 2.45) is 0 Å². The van der Waals surface area contributed by atoms with Crippen LogP contribution in [-0.2, 0) is 6.54 Å². The summed E-state index contributed by atoms with van der Waals surface area (Å²) in [7, 11) is 0. The Balaban J connectivity index is 1.67. The molecule has 1 unspecified atom stereocenters. The number of rotatable bonds is 3. The van der Waals surface area contributed by atoms with Gasteiger partial charge in [-0.25, -0.2) is 4.98 Å². The molecule has 1 aromatic heterocycles. The SMILES string of the molecule is CC1(O)CCN(Cc2ccc(-n3ccnc3)cc2)C1. The molecule has 4 heteroatoms. The van der Waals surface area contributed by atoms with Gasteiger partial charge < -0.3 is 9.67 Å². The Hall–Kier alpha value is -1.65. The van der Waals surface area contributed by atoms with Crippen molar-refractivity contribution < 1.29 is 5.11 Å². The lowest BCUT2D eigenvalue weighted by Gasteiger charge is -2.18. The van der Waals surface area contributed by atoms with E-state index in [1.807, 2.05) is 17.7 Å². The topological polar surface area (TPSA) is 41.3 Å². The first-order valence-electron chi connectivity index (χ1n) is 6.64. The van der Waals surface area contributed by atoms with Gasteiger partial charge in [0.25, 0.3) is 0 Å². The number of aliphatic hydroxyl groups is 1. The van der Waals surface area contributed by atoms with E-state index in [0.29, 0.717) is 0 Å². The van der Waals surface area contributed by atoms with Gasteiger partial charge in [-0.2, -0.15) is 0 Å². The van der Waals surface area contributed by atoms with Crippen molar-refractivity contribution in [2.45, 2.75) is 25.5 Å². The summed E-state index contributed by atoms with van der Waals surface area (Å²) >= 11 is 0. The van der Waals surface area contributed by atoms with E-state index in [1.165, 1.54) is 5.56 Å². The van der Waals surface area contributed by atoms with E-state index in [2.05, 4.69) is 34.1 Å². The van der Waals surface area contributed by atoms with Crippen LogP contribution in [0.2, 0.25) is 0 Å². The standard InChI is InChI=1S/C15H19N3O/c1-15(19)6-8-17(11-15)10-13-2-4-14(5-3-13)18-9-7-16-12-18/h2-5,7,9,12,19H,6,8,10-11H2,1H3. The summed E-state index contributed by atoms with van der Waals surface area (Å²) in [6.07, 6.45) is 6.37. The molecule has 0 bridgehead atoms. The highest BCUT2D eigenvalue weighted by Gasteiger charge is 2.30. The summed E-state index contributed by atoms with van der Waals surface area (Å²) in [4.78, 5) is 6.34. The average molecular weight is 257 g/mol. The first-order chi connectivity index (χ1) is 9.12. The van der Waals surface area contributed by atoms with E-state index < -0.39 is 5.60 Å². The molecule has 2 heterocycles. The normalized spacial score (nSPS) is 23.9. The zero-order chi connectivity index (χ0) is 13.3. The Morgan fingerprint density at radius 1 is 1.32 bits per heavy atom. The predicted molar refractivity (Wildman–Crippen MR) is 74.1 cm³/mol. The van der Waals surface area contributed by atoms with E-state index in [1.54, 1.807) is 12.5 Å². The highest BCUT2D eigenvalue weighted by molar-refractivity contribution is 5.34. The zero-order valence-corrected chi connectivity index (χ0v) is 11.2. The minimum atomic E-state index is -0.517. The Morgan fingerprint density at radius 2 is 2.11 bits per heavy atom. The van der Waals surface area contributed by atoms with E-state index in [-0.39, 0.29) is 0 Å². The smallest absolute Gasteiger partial charge is 0.0991 e. The summed E-state index contributed by atoms with van der Waals surface area (Å²) in [5.74, 6) is 0. The van der Waals surface area contributed by atoms with Crippen LogP contribution in [0.15, 0.2) is 43.0 Å². The molecule has 100 valence electrons. The van der Waals surface area contributed by atoms with Crippen LogP contribution < -0.4 is 0 Å². The number of imidazole rings is 1. The summed E-state index contributed by atoms with van der Waals surface area (Å²) in [5.41, 5.74) is 1.88. The van der Waals surface area contributed by atoms with E-state index in [9.17, 15) is 5.11 Å². The van der Waals surface area contributed by atoms with E-state index in [4.69, 9.17) is 0 Å². The molecule has 0 spiro atoms. The first kappa shape index (κ1) is 12.4. The zero-order valence-electron chi connectivity index (χ0n) is 11.2. The Morgan fingerprint density at radius 3 is 2.68 bits per heavy atom. The lowest BCUT2D eigenvalue weighted by Crippen LogP contribution is -2.29. The van der Waals surface area contributed by atoms with Crippen molar-refractivity contribution in [3.63, 3.8) is 0 Å². The van der Waals surface area contributed by atoms with Crippen LogP contribution in [0.1, 0.15) is 18.9 Å². The van der Waals surface area contributed by atoms with Gasteiger partial charge in [-0.05, 0) is 31.0 Å². The van der Waals surface area contributed by atoms with Crippen molar-refractivity contribution in [1.82, 2.24) is 14.5 Å². The second-order valence-corrected chi connectivity index (χ2v) is 5.59. The molecule has 19 heavy (non-hydrogen) atoms. The predicted octanol–water partition coefficient (Wildman–Crippen LogP) is 1.83. The molecule has 1 N–H and O–H groups in total. The summed E-state index contributed by atoms with van der Waals surface area (Å²) in [6.45, 7) is 4.54. The molecule has 1 aliphatic rings. The second kappa shape index (κ2) is 4.79. The molecular weight excluding hydrogens is 238 g/mol. The third-order valence-electron chi connectivity index (χ3n) is 3.68. The fourth-order valence-corrected chi connectivity index (χ4v) is 2.62. The second-order valence-electron chi connectivity index (χ2n) is 5.59. The number of hydrogen-bond donors (Lipinski definition) is 1. The quantitative estimate of drug-likeness (QED) is 0.912. The molecule has 0 saturated carbocycles. The van der Waals surface area contributed by atoms with Crippen LogP contribution in [-0.4, -0.2) is 38.2 Å². The van der Waals surface area contributed by atoms with Gasteiger partial charge in [0.15, 0.2) is 0 Å². The van der Waals surface area contributed by atoms with Crippen molar-refractivity contribution in [1.29, 1.82) is 0 Å². The minimum absolute atomic E-state index is 0.517. The monoisotopic (exact) mass is 257 g/mol. The maximum Gasteiger partial charge on any atom is 0.0991 e. The minimum Gasteiger partial charge on any atom is -0.389 e. The van der Waals surface area contributed by atoms with Crippen molar-refractivity contribution >= 4 is 0 Å². The Bertz CT molecular complexity index is 531. The number of aromatic nitrogens is 2. The van der Waals surface area contributed by atoms with Crippen LogP contribution in [0.25, 0.3) is 5.69 Å². The molecule has 4 nitrogen and oxygen atoms in total. The lowest BCUT2D eigenvalue weighted by molar-refractivity contribution is 0.0679. The van der Waals surface area contributed by atoms with Gasteiger partial charge in [0.2, 0.25) is 0 Å². The summed E-state index contributed by atoms with van der Waals surface area (Å²) in [5, 5.41) is 9.96. The molecule has 2 aromatic rings. The molecular formula is C15H19N3O. The number of nitrogens with zero attached hydrogens (tertiary/aromatic N) is 3. The Labute approximate surface area is 113 Å². The number of benzene rings is 1. The van der Waals surface area contributed by atoms with E-state index >= 15 is 0 Å².